The van der Waals surface area contributed by atoms with Crippen molar-refractivity contribution in [3.63, 3.8) is 0 Å². The quantitative estimate of drug-likeness (QED) is 0.391. The summed E-state index contributed by atoms with van der Waals surface area (Å²) < 4.78 is 5.23. The number of fused-ring (bicyclic) bond motifs is 1. The molecular formula is C27H27N3O4S. The zero-order valence-electron chi connectivity index (χ0n) is 19.7. The fourth-order valence-corrected chi connectivity index (χ4v) is 4.50. The van der Waals surface area contributed by atoms with Crippen molar-refractivity contribution in [3.8, 4) is 16.9 Å². The lowest BCUT2D eigenvalue weighted by atomic mass is 10.0. The Labute approximate surface area is 209 Å². The summed E-state index contributed by atoms with van der Waals surface area (Å²) in [5.74, 6) is -0.661. The standard InChI is InChI=1S/C27H27N3O4S/c1-16(2)24(26(32)33)30-15-19-13-18(9-12-23(19)25(30)31)17-7-10-20(11-8-17)28-27(35)29-21-5-4-6-22(14-21)34-3/h4-14,16,24H,15H2,1-3H3,(H,32,33)(H2,28,29,35). The molecule has 1 amide bonds. The first-order chi connectivity index (χ1) is 16.8. The summed E-state index contributed by atoms with van der Waals surface area (Å²) >= 11 is 5.42. The highest BCUT2D eigenvalue weighted by molar-refractivity contribution is 7.80. The minimum atomic E-state index is -0.983. The van der Waals surface area contributed by atoms with E-state index in [0.717, 1.165) is 33.8 Å². The van der Waals surface area contributed by atoms with Crippen LogP contribution in [0.1, 0.15) is 29.8 Å². The molecule has 0 fully saturated rings. The summed E-state index contributed by atoms with van der Waals surface area (Å²) in [6.07, 6.45) is 0. The number of aliphatic carboxylic acids is 1. The van der Waals surface area contributed by atoms with Crippen molar-refractivity contribution in [3.05, 3.63) is 77.9 Å². The summed E-state index contributed by atoms with van der Waals surface area (Å²) in [6, 6.07) is 20.1. The number of carbonyl (C=O) groups excluding carboxylic acids is 1. The third-order valence-corrected chi connectivity index (χ3v) is 6.17. The normalized spacial score (nSPS) is 13.4. The first-order valence-electron chi connectivity index (χ1n) is 11.3. The average Bonchev–Trinajstić information content (AvgIpc) is 3.14. The van der Waals surface area contributed by atoms with Crippen molar-refractivity contribution in [2.24, 2.45) is 5.92 Å². The number of carboxylic acid groups (broad SMARTS) is 1. The number of carboxylic acids is 1. The second kappa shape index (κ2) is 10.1. The zero-order chi connectivity index (χ0) is 25.1. The lowest BCUT2D eigenvalue weighted by Gasteiger charge is -2.27. The van der Waals surface area contributed by atoms with Gasteiger partial charge in [-0.05, 0) is 71.2 Å². The number of nitrogens with zero attached hydrogens (tertiary/aromatic N) is 1. The van der Waals surface area contributed by atoms with E-state index >= 15 is 0 Å². The number of anilines is 2. The van der Waals surface area contributed by atoms with Crippen molar-refractivity contribution in [2.75, 3.05) is 17.7 Å². The molecule has 0 aromatic heterocycles. The first kappa shape index (κ1) is 24.2. The Bertz CT molecular complexity index is 1270. The second-order valence-corrected chi connectivity index (χ2v) is 9.13. The Hall–Kier alpha value is -3.91. The lowest BCUT2D eigenvalue weighted by molar-refractivity contribution is -0.144. The van der Waals surface area contributed by atoms with Crippen molar-refractivity contribution in [1.82, 2.24) is 4.90 Å². The van der Waals surface area contributed by atoms with Crippen LogP contribution in [0.5, 0.6) is 5.75 Å². The van der Waals surface area contributed by atoms with Crippen molar-refractivity contribution in [2.45, 2.75) is 26.4 Å². The molecule has 8 heteroatoms. The lowest BCUT2D eigenvalue weighted by Crippen LogP contribution is -2.44. The molecule has 0 saturated carbocycles. The highest BCUT2D eigenvalue weighted by Crippen LogP contribution is 2.31. The van der Waals surface area contributed by atoms with Crippen molar-refractivity contribution in [1.29, 1.82) is 0 Å². The number of amides is 1. The number of hydrogen-bond acceptors (Lipinski definition) is 4. The van der Waals surface area contributed by atoms with E-state index in [4.69, 9.17) is 17.0 Å². The van der Waals surface area contributed by atoms with Gasteiger partial charge in [-0.2, -0.15) is 0 Å². The SMILES string of the molecule is COc1cccc(NC(=S)Nc2ccc(-c3ccc4c(c3)CN(C(C(=O)O)C(C)C)C4=O)cc2)c1. The van der Waals surface area contributed by atoms with E-state index in [1.165, 1.54) is 4.90 Å². The third-order valence-electron chi connectivity index (χ3n) is 5.96. The Morgan fingerprint density at radius 1 is 1.00 bits per heavy atom. The smallest absolute Gasteiger partial charge is 0.326 e. The van der Waals surface area contributed by atoms with Crippen LogP contribution in [0.25, 0.3) is 11.1 Å². The van der Waals surface area contributed by atoms with Crippen LogP contribution < -0.4 is 15.4 Å². The van der Waals surface area contributed by atoms with Crippen LogP contribution >= 0.6 is 12.2 Å². The van der Waals surface area contributed by atoms with Crippen LogP contribution in [0.15, 0.2) is 66.7 Å². The maximum Gasteiger partial charge on any atom is 0.326 e. The molecule has 0 spiro atoms. The number of carbonyl (C=O) groups is 2. The van der Waals surface area contributed by atoms with Gasteiger partial charge in [0.25, 0.3) is 5.91 Å². The highest BCUT2D eigenvalue weighted by Gasteiger charge is 2.38. The molecule has 35 heavy (non-hydrogen) atoms. The fraction of sp³-hybridized carbons (Fsp3) is 0.222. The molecule has 7 nitrogen and oxygen atoms in total. The van der Waals surface area contributed by atoms with Gasteiger partial charge in [-0.1, -0.05) is 38.1 Å². The topological polar surface area (TPSA) is 90.9 Å². The number of rotatable bonds is 7. The van der Waals surface area contributed by atoms with E-state index < -0.39 is 12.0 Å². The Balaban J connectivity index is 1.45. The molecule has 3 aromatic carbocycles. The van der Waals surface area contributed by atoms with Crippen molar-refractivity contribution >= 4 is 40.6 Å². The summed E-state index contributed by atoms with van der Waals surface area (Å²) in [5.41, 5.74) is 4.99. The molecule has 0 radical (unpaired) electrons. The second-order valence-electron chi connectivity index (χ2n) is 8.72. The minimum absolute atomic E-state index is 0.185. The summed E-state index contributed by atoms with van der Waals surface area (Å²) in [6.45, 7) is 3.92. The summed E-state index contributed by atoms with van der Waals surface area (Å²) in [5, 5.41) is 16.4. The van der Waals surface area contributed by atoms with Gasteiger partial charge in [0.1, 0.15) is 11.8 Å². The number of methoxy groups -OCH3 is 1. The largest absolute Gasteiger partial charge is 0.497 e. The van der Waals surface area contributed by atoms with Gasteiger partial charge < -0.3 is 25.4 Å². The van der Waals surface area contributed by atoms with Gasteiger partial charge >= 0.3 is 5.97 Å². The maximum atomic E-state index is 12.8. The van der Waals surface area contributed by atoms with E-state index in [-0.39, 0.29) is 11.8 Å². The molecule has 1 unspecified atom stereocenters. The van der Waals surface area contributed by atoms with Gasteiger partial charge in [0, 0.05) is 29.5 Å². The number of thiocarbonyl (C=S) groups is 1. The van der Waals surface area contributed by atoms with Gasteiger partial charge in [-0.25, -0.2) is 4.79 Å². The van der Waals surface area contributed by atoms with Gasteiger partial charge in [0.2, 0.25) is 0 Å². The zero-order valence-corrected chi connectivity index (χ0v) is 20.6. The first-order valence-corrected chi connectivity index (χ1v) is 11.7. The van der Waals surface area contributed by atoms with Crippen LogP contribution in [0.4, 0.5) is 11.4 Å². The fourth-order valence-electron chi connectivity index (χ4n) is 4.27. The predicted molar refractivity (Wildman–Crippen MR) is 141 cm³/mol. The monoisotopic (exact) mass is 489 g/mol. The van der Waals surface area contributed by atoms with E-state index in [9.17, 15) is 14.7 Å². The molecule has 180 valence electrons. The van der Waals surface area contributed by atoms with Crippen LogP contribution in [0, 0.1) is 5.92 Å². The average molecular weight is 490 g/mol. The van der Waals surface area contributed by atoms with Gasteiger partial charge in [0.15, 0.2) is 5.11 Å². The van der Waals surface area contributed by atoms with Crippen molar-refractivity contribution < 1.29 is 19.4 Å². The van der Waals surface area contributed by atoms with E-state index in [1.807, 2.05) is 74.5 Å². The molecule has 1 aliphatic rings. The summed E-state index contributed by atoms with van der Waals surface area (Å²) in [7, 11) is 1.62. The molecule has 3 aromatic rings. The summed E-state index contributed by atoms with van der Waals surface area (Å²) in [4.78, 5) is 26.0. The molecular weight excluding hydrogens is 462 g/mol. The van der Waals surface area contributed by atoms with E-state index in [2.05, 4.69) is 10.6 Å². The maximum absolute atomic E-state index is 12.8. The van der Waals surface area contributed by atoms with Crippen LogP contribution in [-0.2, 0) is 11.3 Å². The molecule has 0 saturated heterocycles. The number of benzene rings is 3. The number of hydrogen-bond donors (Lipinski definition) is 3. The Kier molecular flexibility index (Phi) is 7.02. The van der Waals surface area contributed by atoms with Gasteiger partial charge in [-0.3, -0.25) is 4.79 Å². The van der Waals surface area contributed by atoms with Gasteiger partial charge in [0.05, 0.1) is 7.11 Å². The predicted octanol–water partition coefficient (Wildman–Crippen LogP) is 5.24. The molecule has 1 aliphatic heterocycles. The Morgan fingerprint density at radius 3 is 2.34 bits per heavy atom. The van der Waals surface area contributed by atoms with Gasteiger partial charge in [-0.15, -0.1) is 0 Å². The van der Waals surface area contributed by atoms with Crippen LogP contribution in [-0.4, -0.2) is 40.1 Å². The van der Waals surface area contributed by atoms with E-state index in [0.29, 0.717) is 17.2 Å². The molecule has 4 rings (SSSR count). The number of nitrogens with one attached hydrogen (secondary N) is 2. The highest BCUT2D eigenvalue weighted by atomic mass is 32.1. The number of ether oxygens (including phenoxy) is 1. The molecule has 0 aliphatic carbocycles. The molecule has 1 heterocycles. The van der Waals surface area contributed by atoms with Crippen LogP contribution in [0.2, 0.25) is 0 Å². The molecule has 3 N–H and O–H groups in total. The molecule has 0 bridgehead atoms. The van der Waals surface area contributed by atoms with Crippen LogP contribution in [0.3, 0.4) is 0 Å². The molecule has 1 atom stereocenters. The third kappa shape index (κ3) is 5.27. The van der Waals surface area contributed by atoms with E-state index in [1.54, 1.807) is 13.2 Å². The Morgan fingerprint density at radius 2 is 1.69 bits per heavy atom. The minimum Gasteiger partial charge on any atom is -0.497 e.